The average molecular weight is 408 g/mol. The van der Waals surface area contributed by atoms with Gasteiger partial charge in [-0.25, -0.2) is 4.79 Å². The summed E-state index contributed by atoms with van der Waals surface area (Å²) in [7, 11) is -3.05. The number of carbonyl (C=O) groups is 1. The van der Waals surface area contributed by atoms with Crippen LogP contribution in [0.4, 0.5) is 4.79 Å². The minimum atomic E-state index is -3.05. The Balaban J connectivity index is 1.87. The van der Waals surface area contributed by atoms with Gasteiger partial charge in [0.15, 0.2) is 7.14 Å². The van der Waals surface area contributed by atoms with Crippen LogP contribution in [-0.4, -0.2) is 35.1 Å². The molecule has 5 nitrogen and oxygen atoms in total. The lowest BCUT2D eigenvalue weighted by molar-refractivity contribution is 0.0870. The van der Waals surface area contributed by atoms with E-state index < -0.39 is 13.2 Å². The van der Waals surface area contributed by atoms with Gasteiger partial charge in [0, 0.05) is 22.2 Å². The number of hydrogen-bond acceptors (Lipinski definition) is 4. The van der Waals surface area contributed by atoms with Crippen molar-refractivity contribution >= 4 is 29.6 Å². The Hall–Kier alpha value is -2.65. The van der Waals surface area contributed by atoms with E-state index in [1.54, 1.807) is 6.92 Å². The molecule has 3 atom stereocenters. The van der Waals surface area contributed by atoms with Crippen molar-refractivity contribution < 1.29 is 14.1 Å². The Morgan fingerprint density at radius 3 is 2.24 bits per heavy atom. The summed E-state index contributed by atoms with van der Waals surface area (Å²) in [5.41, 5.74) is 0.428. The van der Waals surface area contributed by atoms with Gasteiger partial charge in [0.05, 0.1) is 18.3 Å². The molecule has 4 rings (SSSR count). The zero-order valence-corrected chi connectivity index (χ0v) is 17.5. The average Bonchev–Trinajstić information content (AvgIpc) is 3.23. The first kappa shape index (κ1) is 19.7. The van der Waals surface area contributed by atoms with Gasteiger partial charge >= 0.3 is 6.09 Å². The molecule has 2 aliphatic rings. The number of fused-ring (bicyclic) bond motifs is 1. The van der Waals surface area contributed by atoms with Crippen LogP contribution in [0.1, 0.15) is 20.3 Å². The van der Waals surface area contributed by atoms with Crippen molar-refractivity contribution in [3.8, 4) is 0 Å². The molecule has 2 aromatic carbocycles. The van der Waals surface area contributed by atoms with E-state index in [4.69, 9.17) is 4.74 Å². The lowest BCUT2D eigenvalue weighted by Gasteiger charge is -2.41. The van der Waals surface area contributed by atoms with Gasteiger partial charge in [0.2, 0.25) is 0 Å². The Bertz CT molecular complexity index is 944. The molecule has 0 saturated carbocycles. The molecule has 1 heterocycles. The molecule has 1 amide bonds. The predicted octanol–water partition coefficient (Wildman–Crippen LogP) is 4.16. The highest BCUT2D eigenvalue weighted by Gasteiger charge is 2.51. The molecule has 0 spiro atoms. The van der Waals surface area contributed by atoms with Crippen molar-refractivity contribution in [1.29, 1.82) is 0 Å². The topological polar surface area (TPSA) is 59.0 Å². The van der Waals surface area contributed by atoms with E-state index in [0.29, 0.717) is 12.3 Å². The van der Waals surface area contributed by atoms with Crippen LogP contribution in [0.5, 0.6) is 0 Å². The van der Waals surface area contributed by atoms with Gasteiger partial charge < -0.3 is 9.30 Å². The van der Waals surface area contributed by atoms with Crippen molar-refractivity contribution in [3.63, 3.8) is 0 Å². The van der Waals surface area contributed by atoms with Crippen LogP contribution < -0.4 is 10.6 Å². The standard InChI is InChI=1S/C23H25N2O3P/c1-3-28-23(26)25-21-16-10-15-20(21)22(17(2)24-25)29(27,18-11-6-4-7-12-18)19-13-8-5-9-14-19/h4-14,16,20-22H,3,15H2,1-2H3/t20-,21+,22+/m0/s1. The number of nitrogens with zero attached hydrogens (tertiary/aromatic N) is 2. The summed E-state index contributed by atoms with van der Waals surface area (Å²) in [5, 5.41) is 7.66. The summed E-state index contributed by atoms with van der Waals surface area (Å²) in [4.78, 5) is 12.5. The van der Waals surface area contributed by atoms with E-state index in [0.717, 1.165) is 17.0 Å². The third kappa shape index (κ3) is 3.34. The van der Waals surface area contributed by atoms with Crippen LogP contribution >= 0.6 is 7.14 Å². The normalized spacial score (nSPS) is 23.4. The number of rotatable bonds is 4. The molecule has 0 N–H and O–H groups in total. The summed E-state index contributed by atoms with van der Waals surface area (Å²) in [6, 6.07) is 19.1. The molecule has 0 unspecified atom stereocenters. The number of hydrogen-bond donors (Lipinski definition) is 0. The molecular weight excluding hydrogens is 383 g/mol. The second-order valence-electron chi connectivity index (χ2n) is 7.38. The molecule has 6 heteroatoms. The first-order valence-electron chi connectivity index (χ1n) is 9.96. The Kier molecular flexibility index (Phi) is 5.42. The molecule has 0 radical (unpaired) electrons. The molecule has 2 aromatic rings. The molecule has 0 aromatic heterocycles. The van der Waals surface area contributed by atoms with Gasteiger partial charge in [-0.1, -0.05) is 72.8 Å². The van der Waals surface area contributed by atoms with Crippen LogP contribution in [0.25, 0.3) is 0 Å². The quantitative estimate of drug-likeness (QED) is 0.564. The molecule has 0 saturated heterocycles. The Labute approximate surface area is 171 Å². The zero-order valence-electron chi connectivity index (χ0n) is 16.6. The second kappa shape index (κ2) is 8.00. The van der Waals surface area contributed by atoms with Crippen LogP contribution in [-0.2, 0) is 9.30 Å². The summed E-state index contributed by atoms with van der Waals surface area (Å²) in [6.45, 7) is 3.95. The van der Waals surface area contributed by atoms with Crippen molar-refractivity contribution in [1.82, 2.24) is 5.01 Å². The van der Waals surface area contributed by atoms with Gasteiger partial charge in [-0.05, 0) is 20.3 Å². The highest BCUT2D eigenvalue weighted by Crippen LogP contribution is 2.56. The van der Waals surface area contributed by atoms with Gasteiger partial charge in [-0.3, -0.25) is 0 Å². The molecule has 29 heavy (non-hydrogen) atoms. The van der Waals surface area contributed by atoms with E-state index in [2.05, 4.69) is 11.2 Å². The largest absolute Gasteiger partial charge is 0.448 e. The van der Waals surface area contributed by atoms with Gasteiger partial charge in [-0.2, -0.15) is 10.1 Å². The van der Waals surface area contributed by atoms with Crippen molar-refractivity contribution in [2.45, 2.75) is 32.0 Å². The maximum atomic E-state index is 14.9. The third-order valence-electron chi connectivity index (χ3n) is 5.69. The summed E-state index contributed by atoms with van der Waals surface area (Å²) < 4.78 is 20.1. The molecule has 150 valence electrons. The predicted molar refractivity (Wildman–Crippen MR) is 117 cm³/mol. The fourth-order valence-electron chi connectivity index (χ4n) is 4.50. The summed E-state index contributed by atoms with van der Waals surface area (Å²) in [5.74, 6) is -0.0110. The molecule has 0 fully saturated rings. The highest BCUT2D eigenvalue weighted by molar-refractivity contribution is 7.80. The first-order valence-corrected chi connectivity index (χ1v) is 11.7. The van der Waals surface area contributed by atoms with Gasteiger partial charge in [0.1, 0.15) is 0 Å². The van der Waals surface area contributed by atoms with Crippen LogP contribution in [0.3, 0.4) is 0 Å². The maximum Gasteiger partial charge on any atom is 0.430 e. The van der Waals surface area contributed by atoms with Crippen LogP contribution in [0.2, 0.25) is 0 Å². The fraction of sp³-hybridized carbons (Fsp3) is 0.304. The number of benzene rings is 2. The third-order valence-corrected chi connectivity index (χ3v) is 9.36. The van der Waals surface area contributed by atoms with Crippen LogP contribution in [0.15, 0.2) is 77.9 Å². The van der Waals surface area contributed by atoms with E-state index in [9.17, 15) is 9.36 Å². The van der Waals surface area contributed by atoms with E-state index in [1.165, 1.54) is 5.01 Å². The van der Waals surface area contributed by atoms with Crippen LogP contribution in [0, 0.1) is 5.92 Å². The lowest BCUT2D eigenvalue weighted by Crippen LogP contribution is -2.51. The minimum Gasteiger partial charge on any atom is -0.448 e. The van der Waals surface area contributed by atoms with Crippen molar-refractivity contribution in [3.05, 3.63) is 72.8 Å². The van der Waals surface area contributed by atoms with Crippen molar-refractivity contribution in [2.75, 3.05) is 6.61 Å². The number of ether oxygens (including phenoxy) is 1. The number of hydrazone groups is 1. The van der Waals surface area contributed by atoms with Crippen molar-refractivity contribution in [2.24, 2.45) is 11.0 Å². The highest BCUT2D eigenvalue weighted by atomic mass is 31.2. The second-order valence-corrected chi connectivity index (χ2v) is 10.3. The number of carbonyl (C=O) groups excluding carboxylic acids is 1. The van der Waals surface area contributed by atoms with E-state index in [-0.39, 0.29) is 17.6 Å². The number of allylic oxidation sites excluding steroid dienone is 1. The number of amides is 1. The monoisotopic (exact) mass is 408 g/mol. The molecule has 0 bridgehead atoms. The van der Waals surface area contributed by atoms with E-state index >= 15 is 0 Å². The maximum absolute atomic E-state index is 14.9. The fourth-order valence-corrected chi connectivity index (χ4v) is 8.08. The molecule has 1 aliphatic heterocycles. The summed E-state index contributed by atoms with van der Waals surface area (Å²) in [6.07, 6.45) is 4.34. The zero-order chi connectivity index (χ0) is 20.4. The Morgan fingerprint density at radius 1 is 1.10 bits per heavy atom. The van der Waals surface area contributed by atoms with E-state index in [1.807, 2.05) is 73.7 Å². The van der Waals surface area contributed by atoms with Gasteiger partial charge in [-0.15, -0.1) is 0 Å². The SMILES string of the molecule is CCOC(=O)N1N=C(C)[C@@H](P(=O)(c2ccccc2)c2ccccc2)[C@H]2CC=C[C@H]21. The first-order chi connectivity index (χ1) is 14.1. The smallest absolute Gasteiger partial charge is 0.430 e. The Morgan fingerprint density at radius 2 is 1.69 bits per heavy atom. The molecule has 1 aliphatic carbocycles. The molecular formula is C23H25N2O3P. The summed E-state index contributed by atoms with van der Waals surface area (Å²) >= 11 is 0. The lowest BCUT2D eigenvalue weighted by atomic mass is 9.93. The minimum absolute atomic E-state index is 0.0110. The van der Waals surface area contributed by atoms with Gasteiger partial charge in [0.25, 0.3) is 0 Å².